The highest BCUT2D eigenvalue weighted by Gasteiger charge is 2.32. The van der Waals surface area contributed by atoms with Crippen LogP contribution in [0.25, 0.3) is 259 Å². The van der Waals surface area contributed by atoms with Gasteiger partial charge in [0.15, 0.2) is 22.7 Å². The fraction of sp³-hybridized carbons (Fsp3) is 0.0174. The molecule has 0 radical (unpaired) electrons. The summed E-state index contributed by atoms with van der Waals surface area (Å²) in [6, 6.07) is 101. The van der Waals surface area contributed by atoms with E-state index in [-0.39, 0.29) is 131 Å². The van der Waals surface area contributed by atoms with Gasteiger partial charge in [-0.05, 0) is 92.9 Å². The van der Waals surface area contributed by atoms with E-state index in [0.29, 0.717) is 77.6 Å². The highest BCUT2D eigenvalue weighted by molar-refractivity contribution is 7.21. The van der Waals surface area contributed by atoms with E-state index in [1.54, 1.807) is 89.5 Å². The van der Waals surface area contributed by atoms with Gasteiger partial charge in [-0.3, -0.25) is 19.4 Å². The molecule has 0 aliphatic carbocycles. The molecule has 0 spiro atoms. The number of thiophene rings is 3. The van der Waals surface area contributed by atoms with Crippen molar-refractivity contribution in [2.24, 2.45) is 0 Å². The largest absolute Gasteiger partial charge is 0.250 e. The second-order valence-electron chi connectivity index (χ2n) is 32.1. The number of rotatable bonds is 12. The van der Waals surface area contributed by atoms with Crippen LogP contribution in [-0.2, 0) is 0 Å². The van der Waals surface area contributed by atoms with Crippen LogP contribution in [0.1, 0.15) is 40.8 Å². The van der Waals surface area contributed by atoms with Crippen molar-refractivity contribution in [3.8, 4) is 161 Å². The Hall–Kier alpha value is -20.6. The molecule has 0 N–H and O–H groups in total. The smallest absolute Gasteiger partial charge is 0.205 e. The quantitative estimate of drug-likeness (QED) is 0.0810. The molecule has 23 nitrogen and oxygen atoms in total. The summed E-state index contributed by atoms with van der Waals surface area (Å²) < 4.78 is 0. The van der Waals surface area contributed by atoms with E-state index in [1.807, 2.05) is 48.5 Å². The van der Waals surface area contributed by atoms with Crippen molar-refractivity contribution in [2.45, 2.75) is 14.4 Å². The zero-order chi connectivity index (χ0) is 95.5. The summed E-state index contributed by atoms with van der Waals surface area (Å²) in [5, 5.41) is 50.6. The van der Waals surface area contributed by atoms with Gasteiger partial charge in [0.2, 0.25) is 11.4 Å². The lowest BCUT2D eigenvalue weighted by Crippen LogP contribution is -2.05. The third-order valence-corrected chi connectivity index (χ3v) is 27.8. The van der Waals surface area contributed by atoms with Gasteiger partial charge < -0.3 is 0 Å². The Labute approximate surface area is 815 Å². The molecule has 0 amide bonds. The number of aryl methyl sites for hydroxylation is 1. The molecule has 23 aromatic rings. The molecule has 23 rings (SSSR count). The Morgan fingerprint density at radius 3 is 0.667 bits per heavy atom. The topological polar surface area (TPSA) is 300 Å². The van der Waals surface area contributed by atoms with Crippen LogP contribution in [0, 0.1) is 103 Å². The number of aromatic nitrogens is 12. The monoisotopic (exact) mass is 1850 g/mol. The lowest BCUT2D eigenvalue weighted by Gasteiger charge is -2.18. The lowest BCUT2D eigenvalue weighted by atomic mass is 9.97. The lowest BCUT2D eigenvalue weighted by molar-refractivity contribution is 1.24. The molecular formula is C115H55N23S3. The Morgan fingerprint density at radius 2 is 0.404 bits per heavy atom. The molecule has 0 fully saturated rings. The number of nitrogens with zero attached hydrogens (tertiary/aromatic N) is 23. The fourth-order valence-electron chi connectivity index (χ4n) is 17.3. The Balaban J connectivity index is 0.000000169. The van der Waals surface area contributed by atoms with Crippen LogP contribution < -0.4 is 0 Å². The van der Waals surface area contributed by atoms with Crippen molar-refractivity contribution in [1.82, 2.24) is 59.8 Å². The van der Waals surface area contributed by atoms with Gasteiger partial charge >= 0.3 is 0 Å². The van der Waals surface area contributed by atoms with Crippen molar-refractivity contribution in [1.29, 1.82) is 26.3 Å². The summed E-state index contributed by atoms with van der Waals surface area (Å²) in [6.45, 7) is 48.9. The molecule has 0 unspecified atom stereocenters. The van der Waals surface area contributed by atoms with E-state index in [9.17, 15) is 26.3 Å². The Kier molecular flexibility index (Phi) is 22.3. The summed E-state index contributed by atoms with van der Waals surface area (Å²) in [5.74, 6) is 0. The highest BCUT2D eigenvalue weighted by Crippen LogP contribution is 2.52. The van der Waals surface area contributed by atoms with Crippen LogP contribution in [0.5, 0.6) is 0 Å². The number of nitriles is 5. The SMILES string of the molecule is C.[C-]#[N+]c1ccc(-c2nc3c4nc(-c5ccc(C#N)c([N+]#[C-])c5)c(-c5ccc(C)c(C#N)c5)nc4c4nc(-c5ccc(C#N)c(C#N)c5)c(-c5ccc([N+]#[C-])c([N+]#[C-])c5)nc4c3nc2-c2ccc([N+]#[C-])c([N+]#[C-])c2)cc1C#N.c1ccc(-c2sc(-c3ccccc3)c3nc4c(nc23)c2nc3c(-c5ccccc5)sc(-c5ccccc5)c3nc2c2nc3c(-c5ccccc5)sc(-c5ccccc5)c3nc42)cc1. The van der Waals surface area contributed by atoms with Crippen molar-refractivity contribution >= 4 is 167 Å². The summed E-state index contributed by atoms with van der Waals surface area (Å²) in [6.07, 6.45) is 0. The van der Waals surface area contributed by atoms with E-state index in [0.717, 1.165) is 95.7 Å². The zero-order valence-electron chi connectivity index (χ0n) is 72.7. The second kappa shape index (κ2) is 36.1. The maximum absolute atomic E-state index is 10.3. The van der Waals surface area contributed by atoms with E-state index >= 15 is 0 Å². The molecule has 0 saturated carbocycles. The van der Waals surface area contributed by atoms with E-state index in [2.05, 4.69) is 193 Å². The Bertz CT molecular complexity index is 9070. The predicted octanol–water partition coefficient (Wildman–Crippen LogP) is 30.3. The van der Waals surface area contributed by atoms with Crippen LogP contribution in [0.3, 0.4) is 0 Å². The zero-order valence-corrected chi connectivity index (χ0v) is 75.2. The Morgan fingerprint density at radius 1 is 0.191 bits per heavy atom. The van der Waals surface area contributed by atoms with Crippen molar-refractivity contribution in [3.63, 3.8) is 0 Å². The second-order valence-corrected chi connectivity index (χ2v) is 35.1. The van der Waals surface area contributed by atoms with Gasteiger partial charge in [-0.15, -0.1) is 34.0 Å². The molecule has 0 atom stereocenters. The fourth-order valence-corrected chi connectivity index (χ4v) is 20.8. The van der Waals surface area contributed by atoms with Crippen LogP contribution in [0.15, 0.2) is 291 Å². The number of hydrogen-bond acceptors (Lipinski definition) is 20. The molecular weight excluding hydrogens is 1800 g/mol. The minimum Gasteiger partial charge on any atom is -0.250 e. The third kappa shape index (κ3) is 15.0. The first-order chi connectivity index (χ1) is 68.8. The van der Waals surface area contributed by atoms with Gasteiger partial charge in [-0.1, -0.05) is 268 Å². The number of benzene rings is 14. The summed E-state index contributed by atoms with van der Waals surface area (Å²) in [4.78, 5) is 93.5. The maximum Gasteiger partial charge on any atom is 0.205 e. The average Bonchev–Trinajstić information content (AvgIpc) is 1.70. The van der Waals surface area contributed by atoms with Crippen LogP contribution >= 0.6 is 34.0 Å². The van der Waals surface area contributed by atoms with E-state index in [1.165, 1.54) is 60.7 Å². The first-order valence-corrected chi connectivity index (χ1v) is 45.5. The van der Waals surface area contributed by atoms with Crippen LogP contribution in [0.2, 0.25) is 0 Å². The van der Waals surface area contributed by atoms with E-state index < -0.39 is 0 Å². The average molecular weight is 1860 g/mol. The molecule has 0 aliphatic heterocycles. The van der Waals surface area contributed by atoms with Gasteiger partial charge in [0.1, 0.15) is 111 Å². The van der Waals surface area contributed by atoms with Crippen molar-refractivity contribution in [3.05, 3.63) is 393 Å². The van der Waals surface area contributed by atoms with Gasteiger partial charge in [0.05, 0.1) is 149 Å². The molecule has 14 aromatic carbocycles. The minimum atomic E-state index is 0. The number of hydrogen-bond donors (Lipinski definition) is 0. The molecule has 9 aromatic heterocycles. The van der Waals surface area contributed by atoms with Gasteiger partial charge in [-0.25, -0.2) is 69.5 Å². The summed E-state index contributed by atoms with van der Waals surface area (Å²) in [7, 11) is 0. The first-order valence-electron chi connectivity index (χ1n) is 43.0. The summed E-state index contributed by atoms with van der Waals surface area (Å²) in [5.41, 5.74) is 20.5. The predicted molar refractivity (Wildman–Crippen MR) is 555 cm³/mol. The molecule has 0 aliphatic rings. The minimum absolute atomic E-state index is 0. The molecule has 0 saturated heterocycles. The standard InChI is InChI=1S/C60H21N17.C54H30N6S3.CH4/c1-31-8-9-32(20-40(31)28-63)49-52(35-11-13-39(27-62)46(23-35)69-5)75-58-55(72-49)56-59(76-53(36-15-18-44(67-3)47(24-36)70-6)50(73-56)33-10-12-38(26-61)41(21-33)29-64)60-57(58)74-51(34-14-17-43(66-2)42(22-34)30-65)54(77-60)37-16-19-45(68-4)48(25-37)71-7;1-7-19-31(20-8-1)49-43-44(50(61-49)32-21-9-2-10-22-32)56-38-37(55-43)39-41(59-46-45(57-39)51(33-23-11-3-12-24-33)62-52(46)34-25-13-4-14-26-34)42-40(38)58-47-48(60-42)54(36-29-17-6-18-30-36)63-53(47)35-27-15-5-16-28-35;/h8-25H,1H3;1-30H;1H4. The normalized spacial score (nSPS) is 10.9. The van der Waals surface area contributed by atoms with Gasteiger partial charge in [0, 0.05) is 16.7 Å². The van der Waals surface area contributed by atoms with Gasteiger partial charge in [-0.2, -0.15) is 26.3 Å². The number of fused-ring (bicyclic) bond motifs is 15. The summed E-state index contributed by atoms with van der Waals surface area (Å²) >= 11 is 5.14. The van der Waals surface area contributed by atoms with E-state index in [4.69, 9.17) is 99.2 Å². The third-order valence-electron chi connectivity index (χ3n) is 24.0. The van der Waals surface area contributed by atoms with Crippen LogP contribution in [0.4, 0.5) is 34.1 Å². The molecule has 648 valence electrons. The molecule has 0 bridgehead atoms. The maximum atomic E-state index is 10.3. The first kappa shape index (κ1) is 87.1. The van der Waals surface area contributed by atoms with Crippen molar-refractivity contribution in [2.75, 3.05) is 0 Å². The molecule has 9 heterocycles. The van der Waals surface area contributed by atoms with Gasteiger partial charge in [0.25, 0.3) is 0 Å². The molecule has 26 heteroatoms. The van der Waals surface area contributed by atoms with Crippen LogP contribution in [-0.4, -0.2) is 59.8 Å². The van der Waals surface area contributed by atoms with Crippen molar-refractivity contribution < 1.29 is 0 Å². The molecule has 141 heavy (non-hydrogen) atoms. The highest BCUT2D eigenvalue weighted by atomic mass is 32.1.